The average molecular weight is 499 g/mol. The summed E-state index contributed by atoms with van der Waals surface area (Å²) in [4.78, 5) is 23.9. The SMILES string of the molecule is CCOc1cc(/C=N\NC(=O)CNC(=O)c2ccccc2Br)cc(Br)c1O. The van der Waals surface area contributed by atoms with Gasteiger partial charge >= 0.3 is 0 Å². The maximum atomic E-state index is 12.0. The Morgan fingerprint density at radius 1 is 1.22 bits per heavy atom. The molecule has 0 fully saturated rings. The lowest BCUT2D eigenvalue weighted by Crippen LogP contribution is -2.35. The standard InChI is InChI=1S/C18H17Br2N3O4/c1-2-27-15-8-11(7-14(20)17(15)25)9-22-23-16(24)10-21-18(26)12-5-3-4-6-13(12)19/h3-9,25H,2,10H2,1H3,(H,21,26)(H,23,24)/b22-9-. The van der Waals surface area contributed by atoms with Crippen molar-refractivity contribution in [2.24, 2.45) is 5.10 Å². The maximum absolute atomic E-state index is 12.0. The zero-order valence-electron chi connectivity index (χ0n) is 14.3. The summed E-state index contributed by atoms with van der Waals surface area (Å²) < 4.78 is 6.41. The van der Waals surface area contributed by atoms with Crippen LogP contribution in [0.15, 0.2) is 50.4 Å². The Morgan fingerprint density at radius 2 is 1.96 bits per heavy atom. The van der Waals surface area contributed by atoms with Crippen molar-refractivity contribution in [1.82, 2.24) is 10.7 Å². The van der Waals surface area contributed by atoms with Crippen molar-refractivity contribution in [3.05, 3.63) is 56.5 Å². The molecule has 7 nitrogen and oxygen atoms in total. The predicted molar refractivity (Wildman–Crippen MR) is 109 cm³/mol. The van der Waals surface area contributed by atoms with Gasteiger partial charge < -0.3 is 15.2 Å². The van der Waals surface area contributed by atoms with Crippen molar-refractivity contribution in [3.63, 3.8) is 0 Å². The van der Waals surface area contributed by atoms with Gasteiger partial charge in [-0.15, -0.1) is 0 Å². The zero-order chi connectivity index (χ0) is 19.8. The van der Waals surface area contributed by atoms with Gasteiger partial charge in [-0.2, -0.15) is 5.10 Å². The molecule has 2 rings (SSSR count). The van der Waals surface area contributed by atoms with Gasteiger partial charge in [-0.25, -0.2) is 5.43 Å². The van der Waals surface area contributed by atoms with E-state index in [-0.39, 0.29) is 18.2 Å². The lowest BCUT2D eigenvalue weighted by atomic mass is 10.2. The van der Waals surface area contributed by atoms with E-state index in [1.54, 1.807) is 43.3 Å². The molecule has 0 aliphatic carbocycles. The van der Waals surface area contributed by atoms with Crippen LogP contribution in [0.4, 0.5) is 0 Å². The van der Waals surface area contributed by atoms with Crippen LogP contribution in [0.2, 0.25) is 0 Å². The Balaban J connectivity index is 1.90. The van der Waals surface area contributed by atoms with Crippen LogP contribution in [-0.4, -0.2) is 36.3 Å². The van der Waals surface area contributed by atoms with E-state index >= 15 is 0 Å². The Bertz CT molecular complexity index is 872. The highest BCUT2D eigenvalue weighted by Crippen LogP contribution is 2.35. The van der Waals surface area contributed by atoms with Crippen LogP contribution < -0.4 is 15.5 Å². The molecule has 0 spiro atoms. The van der Waals surface area contributed by atoms with E-state index in [1.807, 2.05) is 0 Å². The van der Waals surface area contributed by atoms with Gasteiger partial charge in [-0.1, -0.05) is 12.1 Å². The van der Waals surface area contributed by atoms with Gasteiger partial charge in [-0.05, 0) is 68.6 Å². The van der Waals surface area contributed by atoms with E-state index in [2.05, 4.69) is 47.7 Å². The number of amides is 2. The molecule has 3 N–H and O–H groups in total. The summed E-state index contributed by atoms with van der Waals surface area (Å²) in [5, 5.41) is 16.2. The molecule has 0 saturated heterocycles. The highest BCUT2D eigenvalue weighted by Gasteiger charge is 2.11. The minimum absolute atomic E-state index is 0.00665. The molecular formula is C18H17Br2N3O4. The number of rotatable bonds is 7. The van der Waals surface area contributed by atoms with E-state index in [4.69, 9.17) is 4.74 Å². The average Bonchev–Trinajstić information content (AvgIpc) is 2.64. The first-order chi connectivity index (χ1) is 12.9. The van der Waals surface area contributed by atoms with E-state index in [9.17, 15) is 14.7 Å². The molecule has 0 heterocycles. The second kappa shape index (κ2) is 10.1. The van der Waals surface area contributed by atoms with Gasteiger partial charge in [0, 0.05) is 4.47 Å². The molecule has 2 aromatic carbocycles. The molecule has 0 atom stereocenters. The summed E-state index contributed by atoms with van der Waals surface area (Å²) in [5.74, 6) is -0.548. The lowest BCUT2D eigenvalue weighted by Gasteiger charge is -2.08. The summed E-state index contributed by atoms with van der Waals surface area (Å²) in [6.45, 7) is 1.98. The lowest BCUT2D eigenvalue weighted by molar-refractivity contribution is -0.120. The first-order valence-corrected chi connectivity index (χ1v) is 9.51. The minimum atomic E-state index is -0.477. The van der Waals surface area contributed by atoms with Crippen LogP contribution in [0.3, 0.4) is 0 Å². The van der Waals surface area contributed by atoms with Crippen LogP contribution in [0.1, 0.15) is 22.8 Å². The fourth-order valence-electron chi connectivity index (χ4n) is 2.05. The molecule has 0 unspecified atom stereocenters. The number of carbonyl (C=O) groups excluding carboxylic acids is 2. The highest BCUT2D eigenvalue weighted by atomic mass is 79.9. The van der Waals surface area contributed by atoms with Gasteiger partial charge in [0.25, 0.3) is 11.8 Å². The number of carbonyl (C=O) groups is 2. The number of hydrogen-bond donors (Lipinski definition) is 3. The van der Waals surface area contributed by atoms with E-state index in [1.165, 1.54) is 6.21 Å². The third kappa shape index (κ3) is 6.07. The van der Waals surface area contributed by atoms with E-state index in [0.717, 1.165) is 0 Å². The molecule has 0 bridgehead atoms. The van der Waals surface area contributed by atoms with Crippen molar-refractivity contribution in [2.45, 2.75) is 6.92 Å². The smallest absolute Gasteiger partial charge is 0.259 e. The second-order valence-corrected chi connectivity index (χ2v) is 6.95. The number of halogens is 2. The molecule has 0 saturated carbocycles. The second-order valence-electron chi connectivity index (χ2n) is 5.24. The number of hydrogen-bond acceptors (Lipinski definition) is 5. The number of ether oxygens (including phenoxy) is 1. The summed E-state index contributed by atoms with van der Waals surface area (Å²) >= 11 is 6.51. The molecule has 9 heteroatoms. The van der Waals surface area contributed by atoms with E-state index < -0.39 is 5.91 Å². The Kier molecular flexibility index (Phi) is 7.81. The van der Waals surface area contributed by atoms with Crippen LogP contribution >= 0.6 is 31.9 Å². The molecule has 2 amide bonds. The predicted octanol–water partition coefficient (Wildman–Crippen LogP) is 3.20. The maximum Gasteiger partial charge on any atom is 0.259 e. The van der Waals surface area contributed by atoms with Crippen LogP contribution in [0.5, 0.6) is 11.5 Å². The number of nitrogens with one attached hydrogen (secondary N) is 2. The Hall–Kier alpha value is -2.39. The van der Waals surface area contributed by atoms with Crippen molar-refractivity contribution in [1.29, 1.82) is 0 Å². The summed E-state index contributed by atoms with van der Waals surface area (Å²) in [5.41, 5.74) is 3.37. The van der Waals surface area contributed by atoms with Gasteiger partial charge in [0.05, 0.1) is 29.4 Å². The van der Waals surface area contributed by atoms with Crippen molar-refractivity contribution in [2.75, 3.05) is 13.2 Å². The van der Waals surface area contributed by atoms with Crippen LogP contribution in [0.25, 0.3) is 0 Å². The molecular weight excluding hydrogens is 482 g/mol. The third-order valence-corrected chi connectivity index (χ3v) is 4.58. The van der Waals surface area contributed by atoms with Crippen LogP contribution in [0, 0.1) is 0 Å². The largest absolute Gasteiger partial charge is 0.503 e. The highest BCUT2D eigenvalue weighted by molar-refractivity contribution is 9.10. The topological polar surface area (TPSA) is 100 Å². The van der Waals surface area contributed by atoms with Crippen molar-refractivity contribution in [3.8, 4) is 11.5 Å². The van der Waals surface area contributed by atoms with Gasteiger partial charge in [0.15, 0.2) is 11.5 Å². The van der Waals surface area contributed by atoms with Crippen molar-refractivity contribution < 1.29 is 19.4 Å². The number of hydrazone groups is 1. The van der Waals surface area contributed by atoms with Gasteiger partial charge in [0.2, 0.25) is 0 Å². The molecule has 0 radical (unpaired) electrons. The fraction of sp³-hybridized carbons (Fsp3) is 0.167. The number of aromatic hydroxyl groups is 1. The molecule has 142 valence electrons. The number of phenols is 1. The summed E-state index contributed by atoms with van der Waals surface area (Å²) in [6, 6.07) is 10.1. The van der Waals surface area contributed by atoms with Crippen molar-refractivity contribution >= 4 is 49.9 Å². The molecule has 0 aromatic heterocycles. The number of nitrogens with zero attached hydrogens (tertiary/aromatic N) is 1. The summed E-state index contributed by atoms with van der Waals surface area (Å²) in [7, 11) is 0. The van der Waals surface area contributed by atoms with Gasteiger partial charge in [-0.3, -0.25) is 9.59 Å². The van der Waals surface area contributed by atoms with Gasteiger partial charge in [0.1, 0.15) is 0 Å². The first-order valence-electron chi connectivity index (χ1n) is 7.92. The molecule has 27 heavy (non-hydrogen) atoms. The monoisotopic (exact) mass is 497 g/mol. The number of phenolic OH excluding ortho intramolecular Hbond substituents is 1. The minimum Gasteiger partial charge on any atom is -0.503 e. The number of benzene rings is 2. The first kappa shape index (κ1) is 20.9. The Labute approximate surface area is 173 Å². The quantitative estimate of drug-likeness (QED) is 0.403. The van der Waals surface area contributed by atoms with Crippen LogP contribution in [-0.2, 0) is 4.79 Å². The molecule has 0 aliphatic heterocycles. The Morgan fingerprint density at radius 3 is 2.67 bits per heavy atom. The third-order valence-electron chi connectivity index (χ3n) is 3.28. The molecule has 0 aliphatic rings. The van der Waals surface area contributed by atoms with E-state index in [0.29, 0.717) is 32.4 Å². The summed E-state index contributed by atoms with van der Waals surface area (Å²) in [6.07, 6.45) is 1.40. The molecule has 2 aromatic rings. The normalized spacial score (nSPS) is 10.6. The zero-order valence-corrected chi connectivity index (χ0v) is 17.5. The fourth-order valence-corrected chi connectivity index (χ4v) is 2.98.